The summed E-state index contributed by atoms with van der Waals surface area (Å²) >= 11 is 0. The predicted octanol–water partition coefficient (Wildman–Crippen LogP) is 1.42. The molecule has 1 aliphatic carbocycles. The fourth-order valence-electron chi connectivity index (χ4n) is 1.63. The SMILES string of the molecule is Cc1ncccc1C(=O)NC(C#N)C1CC1. The van der Waals surface area contributed by atoms with Crippen LogP contribution in [0.3, 0.4) is 0 Å². The number of hydrogen-bond acceptors (Lipinski definition) is 3. The van der Waals surface area contributed by atoms with E-state index < -0.39 is 0 Å². The first-order chi connectivity index (χ1) is 7.72. The fourth-order valence-corrected chi connectivity index (χ4v) is 1.63. The van der Waals surface area contributed by atoms with Crippen molar-refractivity contribution in [2.24, 2.45) is 5.92 Å². The zero-order chi connectivity index (χ0) is 11.5. The van der Waals surface area contributed by atoms with Crippen LogP contribution in [-0.2, 0) is 0 Å². The molecule has 1 saturated carbocycles. The minimum absolute atomic E-state index is 0.205. The second-order valence-electron chi connectivity index (χ2n) is 4.05. The lowest BCUT2D eigenvalue weighted by molar-refractivity contribution is 0.0941. The molecule has 1 aromatic heterocycles. The average molecular weight is 215 g/mol. The van der Waals surface area contributed by atoms with Gasteiger partial charge in [0.15, 0.2) is 0 Å². The number of nitriles is 1. The first kappa shape index (κ1) is 10.6. The molecule has 1 atom stereocenters. The van der Waals surface area contributed by atoms with Gasteiger partial charge in [-0.1, -0.05) is 0 Å². The van der Waals surface area contributed by atoms with Crippen molar-refractivity contribution in [2.75, 3.05) is 0 Å². The molecule has 1 heterocycles. The topological polar surface area (TPSA) is 65.8 Å². The Labute approximate surface area is 94.3 Å². The van der Waals surface area contributed by atoms with Crippen molar-refractivity contribution < 1.29 is 4.79 Å². The number of rotatable bonds is 3. The first-order valence-corrected chi connectivity index (χ1v) is 5.34. The molecular weight excluding hydrogens is 202 g/mol. The van der Waals surface area contributed by atoms with Crippen molar-refractivity contribution in [1.29, 1.82) is 5.26 Å². The molecule has 82 valence electrons. The van der Waals surface area contributed by atoms with Gasteiger partial charge in [-0.25, -0.2) is 0 Å². The monoisotopic (exact) mass is 215 g/mol. The smallest absolute Gasteiger partial charge is 0.254 e. The quantitative estimate of drug-likeness (QED) is 0.829. The van der Waals surface area contributed by atoms with Crippen molar-refractivity contribution in [1.82, 2.24) is 10.3 Å². The standard InChI is InChI=1S/C12H13N3O/c1-8-10(3-2-6-14-8)12(16)15-11(7-13)9-4-5-9/h2-3,6,9,11H,4-5H2,1H3,(H,15,16). The molecule has 0 bridgehead atoms. The average Bonchev–Trinajstić information content (AvgIpc) is 3.10. The summed E-state index contributed by atoms with van der Waals surface area (Å²) in [6, 6.07) is 5.22. The van der Waals surface area contributed by atoms with Crippen LogP contribution in [0.25, 0.3) is 0 Å². The van der Waals surface area contributed by atoms with E-state index in [4.69, 9.17) is 5.26 Å². The number of nitrogens with zero attached hydrogens (tertiary/aromatic N) is 2. The lowest BCUT2D eigenvalue weighted by atomic mass is 10.1. The van der Waals surface area contributed by atoms with Crippen molar-refractivity contribution in [2.45, 2.75) is 25.8 Å². The lowest BCUT2D eigenvalue weighted by Crippen LogP contribution is -2.35. The number of amides is 1. The number of carbonyl (C=O) groups excluding carboxylic acids is 1. The summed E-state index contributed by atoms with van der Waals surface area (Å²) in [4.78, 5) is 15.9. The Kier molecular flexibility index (Phi) is 2.86. The Balaban J connectivity index is 2.08. The molecule has 4 heteroatoms. The van der Waals surface area contributed by atoms with Gasteiger partial charge < -0.3 is 5.32 Å². The Bertz CT molecular complexity index is 446. The minimum Gasteiger partial charge on any atom is -0.336 e. The molecule has 2 rings (SSSR count). The minimum atomic E-state index is -0.355. The molecule has 0 saturated heterocycles. The normalized spacial score (nSPS) is 16.2. The van der Waals surface area contributed by atoms with Crippen LogP contribution in [0.15, 0.2) is 18.3 Å². The molecular formula is C12H13N3O. The van der Waals surface area contributed by atoms with Crippen LogP contribution < -0.4 is 5.32 Å². The van der Waals surface area contributed by atoms with Crippen molar-refractivity contribution in [3.8, 4) is 6.07 Å². The molecule has 1 amide bonds. The van der Waals surface area contributed by atoms with Crippen LogP contribution in [0.1, 0.15) is 28.9 Å². The maximum absolute atomic E-state index is 11.9. The molecule has 1 unspecified atom stereocenters. The third-order valence-corrected chi connectivity index (χ3v) is 2.77. The van der Waals surface area contributed by atoms with Gasteiger partial charge in [0, 0.05) is 11.9 Å². The van der Waals surface area contributed by atoms with Crippen molar-refractivity contribution >= 4 is 5.91 Å². The number of aromatic nitrogens is 1. The first-order valence-electron chi connectivity index (χ1n) is 5.34. The molecule has 4 nitrogen and oxygen atoms in total. The molecule has 0 aromatic carbocycles. The summed E-state index contributed by atoms with van der Waals surface area (Å²) in [6.45, 7) is 1.79. The van der Waals surface area contributed by atoms with Gasteiger partial charge in [-0.2, -0.15) is 5.26 Å². The molecule has 0 spiro atoms. The van der Waals surface area contributed by atoms with E-state index in [0.29, 0.717) is 17.2 Å². The number of pyridine rings is 1. The van der Waals surface area contributed by atoms with Gasteiger partial charge in [0.1, 0.15) is 6.04 Å². The van der Waals surface area contributed by atoms with Gasteiger partial charge in [-0.3, -0.25) is 9.78 Å². The maximum Gasteiger partial charge on any atom is 0.254 e. The highest BCUT2D eigenvalue weighted by molar-refractivity contribution is 5.95. The summed E-state index contributed by atoms with van der Waals surface area (Å²) in [5.74, 6) is 0.134. The highest BCUT2D eigenvalue weighted by Gasteiger charge is 2.32. The van der Waals surface area contributed by atoms with E-state index in [-0.39, 0.29) is 11.9 Å². The summed E-state index contributed by atoms with van der Waals surface area (Å²) in [6.07, 6.45) is 3.71. The van der Waals surface area contributed by atoms with E-state index >= 15 is 0 Å². The Morgan fingerprint density at radius 3 is 3.00 bits per heavy atom. The fraction of sp³-hybridized carbons (Fsp3) is 0.417. The van der Waals surface area contributed by atoms with Gasteiger partial charge in [-0.15, -0.1) is 0 Å². The molecule has 1 aromatic rings. The third kappa shape index (κ3) is 2.19. The van der Waals surface area contributed by atoms with Crippen LogP contribution in [-0.4, -0.2) is 16.9 Å². The van der Waals surface area contributed by atoms with E-state index in [9.17, 15) is 4.79 Å². The van der Waals surface area contributed by atoms with Gasteiger partial charge in [0.05, 0.1) is 11.6 Å². The zero-order valence-electron chi connectivity index (χ0n) is 9.10. The van der Waals surface area contributed by atoms with E-state index in [1.54, 1.807) is 25.3 Å². The van der Waals surface area contributed by atoms with E-state index in [1.807, 2.05) is 0 Å². The Hall–Kier alpha value is -1.89. The Morgan fingerprint density at radius 2 is 2.44 bits per heavy atom. The number of carbonyl (C=O) groups is 1. The van der Waals surface area contributed by atoms with Crippen LogP contribution in [0.4, 0.5) is 0 Å². The molecule has 0 aliphatic heterocycles. The van der Waals surface area contributed by atoms with Crippen molar-refractivity contribution in [3.63, 3.8) is 0 Å². The molecule has 1 aliphatic rings. The Morgan fingerprint density at radius 1 is 1.69 bits per heavy atom. The summed E-state index contributed by atoms with van der Waals surface area (Å²) in [7, 11) is 0. The van der Waals surface area contributed by atoms with Gasteiger partial charge in [0.25, 0.3) is 5.91 Å². The van der Waals surface area contributed by atoms with Crippen LogP contribution in [0.2, 0.25) is 0 Å². The van der Waals surface area contributed by atoms with Gasteiger partial charge >= 0.3 is 0 Å². The zero-order valence-corrected chi connectivity index (χ0v) is 9.10. The van der Waals surface area contributed by atoms with E-state index in [2.05, 4.69) is 16.4 Å². The van der Waals surface area contributed by atoms with Crippen LogP contribution >= 0.6 is 0 Å². The molecule has 16 heavy (non-hydrogen) atoms. The lowest BCUT2D eigenvalue weighted by Gasteiger charge is -2.11. The molecule has 1 N–H and O–H groups in total. The summed E-state index contributed by atoms with van der Waals surface area (Å²) in [5.41, 5.74) is 1.23. The maximum atomic E-state index is 11.9. The van der Waals surface area contributed by atoms with Crippen molar-refractivity contribution in [3.05, 3.63) is 29.6 Å². The highest BCUT2D eigenvalue weighted by Crippen LogP contribution is 2.32. The second kappa shape index (κ2) is 4.31. The van der Waals surface area contributed by atoms with E-state index in [0.717, 1.165) is 12.8 Å². The largest absolute Gasteiger partial charge is 0.336 e. The van der Waals surface area contributed by atoms with Crippen LogP contribution in [0, 0.1) is 24.2 Å². The molecule has 1 fully saturated rings. The second-order valence-corrected chi connectivity index (χ2v) is 4.05. The van der Waals surface area contributed by atoms with Gasteiger partial charge in [0.2, 0.25) is 0 Å². The summed E-state index contributed by atoms with van der Waals surface area (Å²) in [5, 5.41) is 11.7. The summed E-state index contributed by atoms with van der Waals surface area (Å²) < 4.78 is 0. The van der Waals surface area contributed by atoms with E-state index in [1.165, 1.54) is 0 Å². The van der Waals surface area contributed by atoms with Crippen LogP contribution in [0.5, 0.6) is 0 Å². The number of hydrogen-bond donors (Lipinski definition) is 1. The van der Waals surface area contributed by atoms with Gasteiger partial charge in [-0.05, 0) is 37.8 Å². The predicted molar refractivity (Wildman–Crippen MR) is 58.6 cm³/mol. The number of nitrogens with one attached hydrogen (secondary N) is 1. The molecule has 0 radical (unpaired) electrons. The highest BCUT2D eigenvalue weighted by atomic mass is 16.1. The third-order valence-electron chi connectivity index (χ3n) is 2.77. The number of aryl methyl sites for hydroxylation is 1.